The van der Waals surface area contributed by atoms with Crippen LogP contribution in [-0.2, 0) is 4.79 Å². The summed E-state index contributed by atoms with van der Waals surface area (Å²) in [6, 6.07) is 0. The average molecular weight is 177 g/mol. The molecule has 0 saturated heterocycles. The van der Waals surface area contributed by atoms with Crippen LogP contribution in [0.25, 0.3) is 0 Å². The van der Waals surface area contributed by atoms with Gasteiger partial charge >= 0.3 is 0 Å². The first-order valence-corrected chi connectivity index (χ1v) is 4.16. The Balaban J connectivity index is 2.31. The predicted octanol–water partition coefficient (Wildman–Crippen LogP) is 1.69. The van der Waals surface area contributed by atoms with Crippen LogP contribution >= 0.6 is 0 Å². The van der Waals surface area contributed by atoms with Crippen molar-refractivity contribution in [1.29, 1.82) is 0 Å². The second-order valence-electron chi connectivity index (χ2n) is 3.47. The lowest BCUT2D eigenvalue weighted by Crippen LogP contribution is -2.27. The summed E-state index contributed by atoms with van der Waals surface area (Å²) in [5, 5.41) is 0. The van der Waals surface area contributed by atoms with Crippen molar-refractivity contribution in [2.24, 2.45) is 11.7 Å². The van der Waals surface area contributed by atoms with Gasteiger partial charge in [-0.05, 0) is 18.8 Å². The van der Waals surface area contributed by atoms with Gasteiger partial charge in [-0.25, -0.2) is 8.78 Å². The maximum absolute atomic E-state index is 12.6. The monoisotopic (exact) mass is 177 g/mol. The number of hydrogen-bond donors (Lipinski definition) is 1. The van der Waals surface area contributed by atoms with Gasteiger partial charge in [0, 0.05) is 19.3 Å². The molecule has 0 heterocycles. The normalized spacial score (nSPS) is 23.8. The van der Waals surface area contributed by atoms with Gasteiger partial charge in [-0.1, -0.05) is 0 Å². The van der Waals surface area contributed by atoms with Crippen molar-refractivity contribution in [3.63, 3.8) is 0 Å². The number of amides is 1. The molecule has 0 aromatic rings. The van der Waals surface area contributed by atoms with Crippen molar-refractivity contribution >= 4 is 5.91 Å². The van der Waals surface area contributed by atoms with Crippen LogP contribution < -0.4 is 5.73 Å². The predicted molar refractivity (Wildman–Crippen MR) is 40.7 cm³/mol. The van der Waals surface area contributed by atoms with Crippen LogP contribution in [-0.4, -0.2) is 11.8 Å². The van der Waals surface area contributed by atoms with E-state index in [9.17, 15) is 13.6 Å². The Hall–Kier alpha value is -0.670. The zero-order valence-corrected chi connectivity index (χ0v) is 6.85. The van der Waals surface area contributed by atoms with E-state index in [1.54, 1.807) is 0 Å². The number of halogens is 2. The summed E-state index contributed by atoms with van der Waals surface area (Å²) in [7, 11) is 0. The highest BCUT2D eigenvalue weighted by molar-refractivity contribution is 5.73. The second kappa shape index (κ2) is 3.37. The summed E-state index contributed by atoms with van der Waals surface area (Å²) in [5.74, 6) is -2.80. The number of hydrogen-bond acceptors (Lipinski definition) is 1. The van der Waals surface area contributed by atoms with Crippen LogP contribution in [0.3, 0.4) is 0 Å². The quantitative estimate of drug-likeness (QED) is 0.685. The number of rotatable bonds is 2. The molecular weight excluding hydrogens is 164 g/mol. The molecule has 0 aromatic carbocycles. The van der Waals surface area contributed by atoms with Crippen molar-refractivity contribution in [2.75, 3.05) is 0 Å². The maximum Gasteiger partial charge on any atom is 0.248 e. The van der Waals surface area contributed by atoms with E-state index in [2.05, 4.69) is 0 Å². The van der Waals surface area contributed by atoms with Crippen molar-refractivity contribution in [2.45, 2.75) is 38.0 Å². The van der Waals surface area contributed by atoms with Crippen molar-refractivity contribution in [3.8, 4) is 0 Å². The molecule has 0 spiro atoms. The number of alkyl halides is 2. The molecule has 1 fully saturated rings. The van der Waals surface area contributed by atoms with Gasteiger partial charge in [-0.15, -0.1) is 0 Å². The first-order valence-electron chi connectivity index (χ1n) is 4.16. The van der Waals surface area contributed by atoms with Crippen LogP contribution in [0.15, 0.2) is 0 Å². The van der Waals surface area contributed by atoms with Crippen LogP contribution in [0.4, 0.5) is 8.78 Å². The Labute approximate surface area is 70.1 Å². The molecular formula is C8H13F2NO. The van der Waals surface area contributed by atoms with E-state index < -0.39 is 5.92 Å². The van der Waals surface area contributed by atoms with E-state index in [1.807, 2.05) is 0 Å². The molecule has 0 aromatic heterocycles. The molecule has 2 N–H and O–H groups in total. The highest BCUT2D eigenvalue weighted by Crippen LogP contribution is 2.37. The molecule has 4 heteroatoms. The molecule has 1 aliphatic rings. The van der Waals surface area contributed by atoms with Crippen molar-refractivity contribution in [3.05, 3.63) is 0 Å². The standard InChI is InChI=1S/C8H13F2NO/c9-8(10)3-1-6(2-4-8)5-7(11)12/h6H,1-5H2,(H2,11,12). The third-order valence-corrected chi connectivity index (χ3v) is 2.33. The van der Waals surface area contributed by atoms with Gasteiger partial charge < -0.3 is 5.73 Å². The van der Waals surface area contributed by atoms with Gasteiger partial charge in [-0.3, -0.25) is 4.79 Å². The van der Waals surface area contributed by atoms with E-state index in [0.717, 1.165) is 0 Å². The Morgan fingerprint density at radius 3 is 2.33 bits per heavy atom. The summed E-state index contributed by atoms with van der Waals surface area (Å²) in [6.45, 7) is 0. The first kappa shape index (κ1) is 9.42. The summed E-state index contributed by atoms with van der Waals surface area (Å²) in [6.07, 6.45) is 0.928. The van der Waals surface area contributed by atoms with E-state index in [4.69, 9.17) is 5.73 Å². The fourth-order valence-electron chi connectivity index (χ4n) is 1.59. The lowest BCUT2D eigenvalue weighted by atomic mass is 9.85. The number of nitrogens with two attached hydrogens (primary N) is 1. The Morgan fingerprint density at radius 1 is 1.42 bits per heavy atom. The van der Waals surface area contributed by atoms with Crippen molar-refractivity contribution < 1.29 is 13.6 Å². The molecule has 0 atom stereocenters. The second-order valence-corrected chi connectivity index (χ2v) is 3.47. The lowest BCUT2D eigenvalue weighted by molar-refractivity contribution is -0.120. The van der Waals surface area contributed by atoms with Gasteiger partial charge in [0.15, 0.2) is 0 Å². The van der Waals surface area contributed by atoms with Crippen LogP contribution in [0.5, 0.6) is 0 Å². The Morgan fingerprint density at radius 2 is 1.92 bits per heavy atom. The van der Waals surface area contributed by atoms with E-state index in [0.29, 0.717) is 12.8 Å². The first-order chi connectivity index (χ1) is 5.49. The maximum atomic E-state index is 12.6. The molecule has 0 aliphatic heterocycles. The fraction of sp³-hybridized carbons (Fsp3) is 0.875. The molecule has 1 rings (SSSR count). The molecule has 12 heavy (non-hydrogen) atoms. The highest BCUT2D eigenvalue weighted by Gasteiger charge is 2.35. The third-order valence-electron chi connectivity index (χ3n) is 2.33. The zero-order chi connectivity index (χ0) is 9.19. The minimum absolute atomic E-state index is 0.0853. The van der Waals surface area contributed by atoms with Crippen LogP contribution in [0.1, 0.15) is 32.1 Å². The Bertz CT molecular complexity index is 172. The largest absolute Gasteiger partial charge is 0.370 e. The smallest absolute Gasteiger partial charge is 0.248 e. The van der Waals surface area contributed by atoms with Gasteiger partial charge in [0.2, 0.25) is 11.8 Å². The minimum atomic E-state index is -2.51. The average Bonchev–Trinajstić information content (AvgIpc) is 1.93. The van der Waals surface area contributed by atoms with Gasteiger partial charge in [-0.2, -0.15) is 0 Å². The van der Waals surface area contributed by atoms with Crippen LogP contribution in [0, 0.1) is 5.92 Å². The van der Waals surface area contributed by atoms with Gasteiger partial charge in [0.25, 0.3) is 0 Å². The number of carbonyl (C=O) groups excluding carboxylic acids is 1. The lowest BCUT2D eigenvalue weighted by Gasteiger charge is -2.27. The summed E-state index contributed by atoms with van der Waals surface area (Å²) < 4.78 is 25.2. The minimum Gasteiger partial charge on any atom is -0.370 e. The van der Waals surface area contributed by atoms with Crippen LogP contribution in [0.2, 0.25) is 0 Å². The molecule has 1 aliphatic carbocycles. The van der Waals surface area contributed by atoms with Gasteiger partial charge in [0.1, 0.15) is 0 Å². The van der Waals surface area contributed by atoms with Gasteiger partial charge in [0.05, 0.1) is 0 Å². The van der Waals surface area contributed by atoms with Crippen molar-refractivity contribution in [1.82, 2.24) is 0 Å². The number of primary amides is 1. The summed E-state index contributed by atoms with van der Waals surface area (Å²) in [5.41, 5.74) is 4.96. The van der Waals surface area contributed by atoms with E-state index in [1.165, 1.54) is 0 Å². The Kier molecular flexibility index (Phi) is 2.65. The molecule has 0 radical (unpaired) electrons. The molecule has 0 unspecified atom stereocenters. The summed E-state index contributed by atoms with van der Waals surface area (Å²) in [4.78, 5) is 10.5. The zero-order valence-electron chi connectivity index (χ0n) is 6.85. The molecule has 2 nitrogen and oxygen atoms in total. The molecule has 70 valence electrons. The fourth-order valence-corrected chi connectivity index (χ4v) is 1.59. The SMILES string of the molecule is NC(=O)CC1CCC(F)(F)CC1. The molecule has 1 amide bonds. The highest BCUT2D eigenvalue weighted by atomic mass is 19.3. The topological polar surface area (TPSA) is 43.1 Å². The van der Waals surface area contributed by atoms with E-state index in [-0.39, 0.29) is 31.1 Å². The summed E-state index contributed by atoms with van der Waals surface area (Å²) >= 11 is 0. The third kappa shape index (κ3) is 2.75. The molecule has 0 bridgehead atoms. The molecule has 1 saturated carbocycles. The van der Waals surface area contributed by atoms with E-state index >= 15 is 0 Å². The number of carbonyl (C=O) groups is 1.